The number of halogens is 4. The Bertz CT molecular complexity index is 805. The highest BCUT2D eigenvalue weighted by atomic mass is 127. The highest BCUT2D eigenvalue weighted by Crippen LogP contribution is 2.19. The highest BCUT2D eigenvalue weighted by Gasteiger charge is 2.28. The number of hydrogen-bond acceptors (Lipinski definition) is 4. The predicted octanol–water partition coefficient (Wildman–Crippen LogP) is 3.10. The van der Waals surface area contributed by atoms with Crippen molar-refractivity contribution in [2.45, 2.75) is 26.2 Å². The number of aliphatic imine (C=N–C) groups is 1. The quantitative estimate of drug-likeness (QED) is 0.240. The molecule has 0 unspecified atom stereocenters. The second-order valence-electron chi connectivity index (χ2n) is 5.96. The number of nitrogens with one attached hydrogen (secondary N) is 2. The van der Waals surface area contributed by atoms with Gasteiger partial charge in [-0.3, -0.25) is 0 Å². The van der Waals surface area contributed by atoms with E-state index in [0.717, 1.165) is 17.2 Å². The number of ether oxygens (including phenoxy) is 1. The lowest BCUT2D eigenvalue weighted by atomic mass is 10.2. The van der Waals surface area contributed by atoms with Crippen LogP contribution >= 0.6 is 24.0 Å². The minimum Gasteiger partial charge on any atom is -0.484 e. The van der Waals surface area contributed by atoms with Crippen LogP contribution in [0.15, 0.2) is 41.9 Å². The van der Waals surface area contributed by atoms with Crippen LogP contribution in [-0.4, -0.2) is 40.1 Å². The van der Waals surface area contributed by atoms with Gasteiger partial charge in [-0.15, -0.1) is 40.8 Å². The van der Waals surface area contributed by atoms with E-state index >= 15 is 0 Å². The molecular formula is C18H24F3IN6O. The first-order chi connectivity index (χ1) is 13.3. The monoisotopic (exact) mass is 524 g/mol. The topological polar surface area (TPSA) is 76.4 Å². The smallest absolute Gasteiger partial charge is 0.422 e. The molecule has 2 aromatic rings. The second-order valence-corrected chi connectivity index (χ2v) is 5.96. The fraction of sp³-hybridized carbons (Fsp3) is 0.389. The van der Waals surface area contributed by atoms with Crippen molar-refractivity contribution in [3.05, 3.63) is 54.1 Å². The molecule has 0 saturated carbocycles. The SMILES string of the molecule is C=CCNC(=NCc1ccc(OCC(F)(F)F)cc1)NCc1nnc(C)n1C.I. The lowest BCUT2D eigenvalue weighted by molar-refractivity contribution is -0.153. The van der Waals surface area contributed by atoms with E-state index in [1.165, 1.54) is 12.1 Å². The van der Waals surface area contributed by atoms with Crippen molar-refractivity contribution in [2.75, 3.05) is 13.2 Å². The normalized spacial score (nSPS) is 11.6. The number of aromatic nitrogens is 3. The Morgan fingerprint density at radius 3 is 2.48 bits per heavy atom. The fourth-order valence-corrected chi connectivity index (χ4v) is 2.14. The number of alkyl halides is 3. The number of aryl methyl sites for hydroxylation is 1. The summed E-state index contributed by atoms with van der Waals surface area (Å²) in [6.45, 7) is 5.51. The Morgan fingerprint density at radius 1 is 1.24 bits per heavy atom. The highest BCUT2D eigenvalue weighted by molar-refractivity contribution is 14.0. The molecule has 7 nitrogen and oxygen atoms in total. The third-order valence-electron chi connectivity index (χ3n) is 3.76. The van der Waals surface area contributed by atoms with Gasteiger partial charge in [-0.25, -0.2) is 4.99 Å². The molecule has 0 saturated heterocycles. The van der Waals surface area contributed by atoms with Crippen LogP contribution in [0.2, 0.25) is 0 Å². The molecule has 0 aliphatic carbocycles. The predicted molar refractivity (Wildman–Crippen MR) is 115 cm³/mol. The number of rotatable bonds is 8. The molecule has 0 fully saturated rings. The summed E-state index contributed by atoms with van der Waals surface area (Å²) in [5, 5.41) is 14.3. The summed E-state index contributed by atoms with van der Waals surface area (Å²) in [7, 11) is 1.88. The van der Waals surface area contributed by atoms with E-state index in [4.69, 9.17) is 4.74 Å². The van der Waals surface area contributed by atoms with Gasteiger partial charge in [0, 0.05) is 13.6 Å². The molecule has 29 heavy (non-hydrogen) atoms. The molecule has 0 amide bonds. The van der Waals surface area contributed by atoms with Crippen LogP contribution < -0.4 is 15.4 Å². The number of guanidine groups is 1. The van der Waals surface area contributed by atoms with Crippen LogP contribution in [0.3, 0.4) is 0 Å². The van der Waals surface area contributed by atoms with E-state index in [1.54, 1.807) is 18.2 Å². The Balaban J connectivity index is 0.00000420. The first-order valence-corrected chi connectivity index (χ1v) is 8.55. The van der Waals surface area contributed by atoms with E-state index in [2.05, 4.69) is 32.4 Å². The third-order valence-corrected chi connectivity index (χ3v) is 3.76. The molecule has 1 aromatic carbocycles. The van der Waals surface area contributed by atoms with Crippen LogP contribution in [0.5, 0.6) is 5.75 Å². The molecule has 2 N–H and O–H groups in total. The average Bonchev–Trinajstić information content (AvgIpc) is 2.98. The van der Waals surface area contributed by atoms with Gasteiger partial charge in [-0.2, -0.15) is 13.2 Å². The van der Waals surface area contributed by atoms with E-state index in [1.807, 2.05) is 18.5 Å². The van der Waals surface area contributed by atoms with E-state index in [-0.39, 0.29) is 29.7 Å². The van der Waals surface area contributed by atoms with E-state index in [0.29, 0.717) is 25.6 Å². The third kappa shape index (κ3) is 8.71. The zero-order chi connectivity index (χ0) is 20.6. The lowest BCUT2D eigenvalue weighted by Gasteiger charge is -2.12. The van der Waals surface area contributed by atoms with Crippen molar-refractivity contribution < 1.29 is 17.9 Å². The zero-order valence-electron chi connectivity index (χ0n) is 16.2. The summed E-state index contributed by atoms with van der Waals surface area (Å²) in [4.78, 5) is 4.47. The van der Waals surface area contributed by atoms with E-state index in [9.17, 15) is 13.2 Å². The molecule has 1 aromatic heterocycles. The van der Waals surface area contributed by atoms with Crippen molar-refractivity contribution in [1.82, 2.24) is 25.4 Å². The molecule has 0 bridgehead atoms. The van der Waals surface area contributed by atoms with Gasteiger partial charge in [-0.05, 0) is 24.6 Å². The van der Waals surface area contributed by atoms with Crippen molar-refractivity contribution >= 4 is 29.9 Å². The van der Waals surface area contributed by atoms with Crippen molar-refractivity contribution in [1.29, 1.82) is 0 Å². The van der Waals surface area contributed by atoms with Gasteiger partial charge < -0.3 is 19.9 Å². The number of nitrogens with zero attached hydrogens (tertiary/aromatic N) is 4. The summed E-state index contributed by atoms with van der Waals surface area (Å²) < 4.78 is 43.1. The van der Waals surface area contributed by atoms with Gasteiger partial charge >= 0.3 is 6.18 Å². The largest absolute Gasteiger partial charge is 0.484 e. The lowest BCUT2D eigenvalue weighted by Crippen LogP contribution is -2.37. The van der Waals surface area contributed by atoms with Crippen LogP contribution in [-0.2, 0) is 20.1 Å². The summed E-state index contributed by atoms with van der Waals surface area (Å²) in [6, 6.07) is 6.32. The molecule has 0 aliphatic rings. The van der Waals surface area contributed by atoms with Gasteiger partial charge in [0.2, 0.25) is 0 Å². The Kier molecular flexibility index (Phi) is 9.92. The molecule has 160 valence electrons. The van der Waals surface area contributed by atoms with Crippen LogP contribution in [0, 0.1) is 6.92 Å². The molecular weight excluding hydrogens is 500 g/mol. The van der Waals surface area contributed by atoms with Crippen LogP contribution in [0.25, 0.3) is 0 Å². The average molecular weight is 524 g/mol. The standard InChI is InChI=1S/C18H23F3N6O.HI/c1-4-9-22-17(24-11-16-26-25-13(2)27(16)3)23-10-14-5-7-15(8-6-14)28-12-18(19,20)21;/h4-8H,1,9-12H2,2-3H3,(H2,22,23,24);1H. The minimum atomic E-state index is -4.36. The fourth-order valence-electron chi connectivity index (χ4n) is 2.14. The summed E-state index contributed by atoms with van der Waals surface area (Å²) in [5.41, 5.74) is 0.827. The number of hydrogen-bond donors (Lipinski definition) is 2. The van der Waals surface area contributed by atoms with E-state index < -0.39 is 12.8 Å². The Hall–Kier alpha value is -2.31. The molecule has 0 spiro atoms. The minimum absolute atomic E-state index is 0. The molecule has 1 heterocycles. The molecule has 0 aliphatic heterocycles. The zero-order valence-corrected chi connectivity index (χ0v) is 18.5. The van der Waals surface area contributed by atoms with Gasteiger partial charge in [0.1, 0.15) is 11.6 Å². The maximum absolute atomic E-state index is 12.2. The van der Waals surface area contributed by atoms with Gasteiger partial charge in [0.05, 0.1) is 13.1 Å². The maximum Gasteiger partial charge on any atom is 0.422 e. The summed E-state index contributed by atoms with van der Waals surface area (Å²) >= 11 is 0. The van der Waals surface area contributed by atoms with Crippen molar-refractivity contribution in [3.63, 3.8) is 0 Å². The second kappa shape index (κ2) is 11.6. The molecule has 0 radical (unpaired) electrons. The van der Waals surface area contributed by atoms with Gasteiger partial charge in [0.15, 0.2) is 18.4 Å². The van der Waals surface area contributed by atoms with Crippen LogP contribution in [0.1, 0.15) is 17.2 Å². The Morgan fingerprint density at radius 2 is 1.93 bits per heavy atom. The van der Waals surface area contributed by atoms with Gasteiger partial charge in [0.25, 0.3) is 0 Å². The summed E-state index contributed by atoms with van der Waals surface area (Å²) in [5.74, 6) is 2.28. The van der Waals surface area contributed by atoms with Gasteiger partial charge in [-0.1, -0.05) is 18.2 Å². The first kappa shape index (κ1) is 24.7. The Labute approximate surface area is 184 Å². The maximum atomic E-state index is 12.2. The van der Waals surface area contributed by atoms with Crippen molar-refractivity contribution in [3.8, 4) is 5.75 Å². The molecule has 2 rings (SSSR count). The first-order valence-electron chi connectivity index (χ1n) is 8.55. The molecule has 11 heteroatoms. The molecule has 0 atom stereocenters. The van der Waals surface area contributed by atoms with Crippen molar-refractivity contribution in [2.24, 2.45) is 12.0 Å². The van der Waals surface area contributed by atoms with Crippen LogP contribution in [0.4, 0.5) is 13.2 Å². The summed E-state index contributed by atoms with van der Waals surface area (Å²) in [6.07, 6.45) is -2.65. The number of benzene rings is 1.